The van der Waals surface area contributed by atoms with E-state index >= 15 is 0 Å². The first-order chi connectivity index (χ1) is 14.6. The minimum absolute atomic E-state index is 0.0896. The second-order valence-electron chi connectivity index (χ2n) is 8.44. The molecular weight excluding hydrogens is 392 g/mol. The van der Waals surface area contributed by atoms with Gasteiger partial charge in [0.05, 0.1) is 5.56 Å². The number of nitrogens with zero attached hydrogens (tertiary/aromatic N) is 2. The van der Waals surface area contributed by atoms with Crippen LogP contribution in [0.25, 0.3) is 0 Å². The standard InChI is InChI=1S/C25H30N2O2S/c1-26(24(28)22-13-16-30-18-22)23(17-19-7-3-2-4-8-19)20-11-14-27(15-12-20)25(29)21-9-5-6-10-21/h2-4,7-9,13,16,18,20,23H,5-6,10-12,14-15,17H2,1H3. The monoisotopic (exact) mass is 422 g/mol. The number of piperidine rings is 1. The van der Waals surface area contributed by atoms with Gasteiger partial charge >= 0.3 is 0 Å². The number of benzene rings is 1. The second-order valence-corrected chi connectivity index (χ2v) is 9.22. The van der Waals surface area contributed by atoms with Gasteiger partial charge in [0, 0.05) is 37.1 Å². The van der Waals surface area contributed by atoms with E-state index in [1.807, 2.05) is 39.7 Å². The SMILES string of the molecule is CN(C(=O)c1ccsc1)C(Cc1ccccc1)C1CCN(C(=O)C2=CCCC2)CC1. The summed E-state index contributed by atoms with van der Waals surface area (Å²) in [4.78, 5) is 29.8. The quantitative estimate of drug-likeness (QED) is 0.672. The van der Waals surface area contributed by atoms with Crippen LogP contribution in [0.3, 0.4) is 0 Å². The van der Waals surface area contributed by atoms with Gasteiger partial charge in [0.25, 0.3) is 5.91 Å². The highest BCUT2D eigenvalue weighted by molar-refractivity contribution is 7.08. The summed E-state index contributed by atoms with van der Waals surface area (Å²) in [5.41, 5.74) is 3.02. The Morgan fingerprint density at radius 1 is 1.17 bits per heavy atom. The summed E-state index contributed by atoms with van der Waals surface area (Å²) in [7, 11) is 1.94. The van der Waals surface area contributed by atoms with E-state index in [0.29, 0.717) is 5.92 Å². The zero-order valence-corrected chi connectivity index (χ0v) is 18.4. The number of allylic oxidation sites excluding steroid dienone is 1. The number of carbonyl (C=O) groups excluding carboxylic acids is 2. The molecule has 0 N–H and O–H groups in total. The van der Waals surface area contributed by atoms with Gasteiger partial charge in [0.2, 0.25) is 5.91 Å². The van der Waals surface area contributed by atoms with Gasteiger partial charge in [-0.25, -0.2) is 0 Å². The molecule has 2 aromatic rings. The molecule has 1 fully saturated rings. The number of hydrogen-bond donors (Lipinski definition) is 0. The number of thiophene rings is 1. The third-order valence-electron chi connectivity index (χ3n) is 6.56. The van der Waals surface area contributed by atoms with E-state index in [0.717, 1.165) is 62.8 Å². The van der Waals surface area contributed by atoms with Crippen molar-refractivity contribution in [2.45, 2.75) is 44.6 Å². The van der Waals surface area contributed by atoms with Crippen molar-refractivity contribution >= 4 is 23.2 Å². The van der Waals surface area contributed by atoms with Gasteiger partial charge < -0.3 is 9.80 Å². The lowest BCUT2D eigenvalue weighted by atomic mass is 9.84. The van der Waals surface area contributed by atoms with Crippen molar-refractivity contribution < 1.29 is 9.59 Å². The molecule has 1 aliphatic carbocycles. The van der Waals surface area contributed by atoms with Crippen molar-refractivity contribution in [2.75, 3.05) is 20.1 Å². The Kier molecular flexibility index (Phi) is 6.68. The Balaban J connectivity index is 1.47. The maximum atomic E-state index is 13.1. The molecule has 2 heterocycles. The number of amides is 2. The van der Waals surface area contributed by atoms with Crippen LogP contribution < -0.4 is 0 Å². The molecule has 1 aromatic carbocycles. The summed E-state index contributed by atoms with van der Waals surface area (Å²) in [6.07, 6.45) is 7.90. The molecule has 0 spiro atoms. The molecule has 1 saturated heterocycles. The van der Waals surface area contributed by atoms with Crippen molar-refractivity contribution in [3.8, 4) is 0 Å². The minimum Gasteiger partial charge on any atom is -0.339 e. The van der Waals surface area contributed by atoms with Crippen molar-refractivity contribution in [3.63, 3.8) is 0 Å². The summed E-state index contributed by atoms with van der Waals surface area (Å²) < 4.78 is 0. The van der Waals surface area contributed by atoms with E-state index in [2.05, 4.69) is 30.3 Å². The normalized spacial score (nSPS) is 18.2. The molecule has 2 amide bonds. The minimum atomic E-state index is 0.0896. The molecule has 2 aliphatic rings. The van der Waals surface area contributed by atoms with Crippen LogP contribution >= 0.6 is 11.3 Å². The molecular formula is C25H30N2O2S. The topological polar surface area (TPSA) is 40.6 Å². The van der Waals surface area contributed by atoms with E-state index in [1.165, 1.54) is 5.56 Å². The summed E-state index contributed by atoms with van der Waals surface area (Å²) in [6, 6.07) is 12.5. The molecule has 1 aliphatic heterocycles. The summed E-state index contributed by atoms with van der Waals surface area (Å²) in [5.74, 6) is 0.708. The maximum Gasteiger partial charge on any atom is 0.254 e. The molecule has 158 valence electrons. The van der Waals surface area contributed by atoms with E-state index in [4.69, 9.17) is 0 Å². The maximum absolute atomic E-state index is 13.1. The van der Waals surface area contributed by atoms with E-state index in [9.17, 15) is 9.59 Å². The molecule has 4 rings (SSSR count). The lowest BCUT2D eigenvalue weighted by Gasteiger charge is -2.40. The van der Waals surface area contributed by atoms with Crippen molar-refractivity contribution in [1.82, 2.24) is 9.80 Å². The zero-order chi connectivity index (χ0) is 20.9. The van der Waals surface area contributed by atoms with Crippen LogP contribution in [0.4, 0.5) is 0 Å². The van der Waals surface area contributed by atoms with Gasteiger partial charge in [-0.05, 0) is 61.5 Å². The molecule has 1 unspecified atom stereocenters. The second kappa shape index (κ2) is 9.61. The van der Waals surface area contributed by atoms with Gasteiger partial charge in [-0.15, -0.1) is 0 Å². The van der Waals surface area contributed by atoms with Gasteiger partial charge in [-0.1, -0.05) is 36.4 Å². The van der Waals surface area contributed by atoms with Crippen LogP contribution in [-0.4, -0.2) is 47.8 Å². The zero-order valence-electron chi connectivity index (χ0n) is 17.6. The van der Waals surface area contributed by atoms with Gasteiger partial charge in [-0.3, -0.25) is 9.59 Å². The van der Waals surface area contributed by atoms with E-state index in [-0.39, 0.29) is 17.9 Å². The number of likely N-dealkylation sites (N-methyl/N-ethyl adjacent to an activating group) is 1. The van der Waals surface area contributed by atoms with Crippen LogP contribution in [-0.2, 0) is 11.2 Å². The molecule has 0 radical (unpaired) electrons. The lowest BCUT2D eigenvalue weighted by Crippen LogP contribution is -2.48. The molecule has 0 saturated carbocycles. The number of likely N-dealkylation sites (tertiary alicyclic amines) is 1. The van der Waals surface area contributed by atoms with Crippen LogP contribution in [0.2, 0.25) is 0 Å². The smallest absolute Gasteiger partial charge is 0.254 e. The Bertz CT molecular complexity index is 883. The van der Waals surface area contributed by atoms with Crippen LogP contribution in [0.5, 0.6) is 0 Å². The number of carbonyl (C=O) groups is 2. The Morgan fingerprint density at radius 3 is 2.57 bits per heavy atom. The number of rotatable bonds is 6. The van der Waals surface area contributed by atoms with Crippen molar-refractivity contribution in [2.24, 2.45) is 5.92 Å². The van der Waals surface area contributed by atoms with E-state index in [1.54, 1.807) is 11.3 Å². The van der Waals surface area contributed by atoms with Gasteiger partial charge in [0.15, 0.2) is 0 Å². The van der Waals surface area contributed by atoms with Gasteiger partial charge in [0.1, 0.15) is 0 Å². The fourth-order valence-electron chi connectivity index (χ4n) is 4.77. The first-order valence-electron chi connectivity index (χ1n) is 10.9. The Hall–Kier alpha value is -2.40. The molecule has 30 heavy (non-hydrogen) atoms. The predicted molar refractivity (Wildman–Crippen MR) is 122 cm³/mol. The first kappa shape index (κ1) is 20.9. The molecule has 4 nitrogen and oxygen atoms in total. The fraction of sp³-hybridized carbons (Fsp3) is 0.440. The first-order valence-corrected chi connectivity index (χ1v) is 11.9. The highest BCUT2D eigenvalue weighted by Gasteiger charge is 2.33. The van der Waals surface area contributed by atoms with Crippen molar-refractivity contribution in [3.05, 3.63) is 69.9 Å². The van der Waals surface area contributed by atoms with E-state index < -0.39 is 0 Å². The summed E-state index contributed by atoms with van der Waals surface area (Å²) >= 11 is 1.56. The highest BCUT2D eigenvalue weighted by atomic mass is 32.1. The average molecular weight is 423 g/mol. The third-order valence-corrected chi connectivity index (χ3v) is 7.24. The molecule has 5 heteroatoms. The largest absolute Gasteiger partial charge is 0.339 e. The fourth-order valence-corrected chi connectivity index (χ4v) is 5.40. The molecule has 0 bridgehead atoms. The third kappa shape index (κ3) is 4.67. The summed E-state index contributed by atoms with van der Waals surface area (Å²) in [6.45, 7) is 1.57. The van der Waals surface area contributed by atoms with Crippen LogP contribution in [0.15, 0.2) is 58.8 Å². The Labute approximate surface area is 183 Å². The van der Waals surface area contributed by atoms with Crippen LogP contribution in [0, 0.1) is 5.92 Å². The van der Waals surface area contributed by atoms with Crippen molar-refractivity contribution in [1.29, 1.82) is 0 Å². The predicted octanol–water partition coefficient (Wildman–Crippen LogP) is 4.78. The average Bonchev–Trinajstić information content (AvgIpc) is 3.51. The van der Waals surface area contributed by atoms with Crippen LogP contribution in [0.1, 0.15) is 48.0 Å². The number of hydrogen-bond acceptors (Lipinski definition) is 3. The van der Waals surface area contributed by atoms with Gasteiger partial charge in [-0.2, -0.15) is 11.3 Å². The summed E-state index contributed by atoms with van der Waals surface area (Å²) in [5, 5.41) is 3.88. The lowest BCUT2D eigenvalue weighted by molar-refractivity contribution is -0.128. The Morgan fingerprint density at radius 2 is 1.93 bits per heavy atom. The molecule has 1 aromatic heterocycles. The molecule has 1 atom stereocenters. The highest BCUT2D eigenvalue weighted by Crippen LogP contribution is 2.29.